The first-order chi connectivity index (χ1) is 25.3. The zero-order valence-electron chi connectivity index (χ0n) is 34.1. The van der Waals surface area contributed by atoms with E-state index in [-0.39, 0.29) is 12.6 Å². The maximum Gasteiger partial charge on any atom is 0.180 e. The molecule has 0 radical (unpaired) electrons. The van der Waals surface area contributed by atoms with Crippen LogP contribution in [0.3, 0.4) is 0 Å². The fraction of sp³-hybridized carbons (Fsp3) is 0.870. The van der Waals surface area contributed by atoms with Gasteiger partial charge in [-0.3, -0.25) is 0 Å². The van der Waals surface area contributed by atoms with Crippen LogP contribution in [0.1, 0.15) is 232 Å². The van der Waals surface area contributed by atoms with Crippen molar-refractivity contribution in [2.45, 2.75) is 245 Å². The first kappa shape index (κ1) is 49.7. The number of aldehydes is 2. The van der Waals surface area contributed by atoms with Gasteiger partial charge < -0.3 is 23.8 Å². The van der Waals surface area contributed by atoms with Crippen molar-refractivity contribution in [1.82, 2.24) is 0 Å². The van der Waals surface area contributed by atoms with E-state index in [4.69, 9.17) is 14.2 Å². The van der Waals surface area contributed by atoms with Crippen molar-refractivity contribution in [3.63, 3.8) is 0 Å². The lowest BCUT2D eigenvalue weighted by atomic mass is 10.1. The highest BCUT2D eigenvalue weighted by atomic mass is 16.8. The van der Waals surface area contributed by atoms with Gasteiger partial charge in [-0.15, -0.1) is 0 Å². The molecule has 5 nitrogen and oxygen atoms in total. The number of carbonyl (C=O) groups is 2. The Balaban J connectivity index is 4.91. The first-order valence-electron chi connectivity index (χ1n) is 22.4. The second-order valence-electron chi connectivity index (χ2n) is 14.9. The number of allylic oxidation sites excluding steroid dienone is 2. The summed E-state index contributed by atoms with van der Waals surface area (Å²) in [4.78, 5) is 21.0. The van der Waals surface area contributed by atoms with E-state index in [0.29, 0.717) is 12.8 Å². The average Bonchev–Trinajstić information content (AvgIpc) is 3.14. The van der Waals surface area contributed by atoms with Crippen LogP contribution in [-0.2, 0) is 23.8 Å². The molecule has 5 heteroatoms. The summed E-state index contributed by atoms with van der Waals surface area (Å²) < 4.78 is 19.2. The fourth-order valence-corrected chi connectivity index (χ4v) is 6.45. The van der Waals surface area contributed by atoms with Gasteiger partial charge in [0.1, 0.15) is 12.6 Å². The van der Waals surface area contributed by atoms with E-state index in [2.05, 4.69) is 38.2 Å². The highest BCUT2D eigenvalue weighted by Gasteiger charge is 2.14. The Morgan fingerprint density at radius 1 is 0.353 bits per heavy atom. The van der Waals surface area contributed by atoms with E-state index in [1.807, 2.05) is 0 Å². The maximum atomic E-state index is 10.5. The summed E-state index contributed by atoms with van der Waals surface area (Å²) >= 11 is 0. The van der Waals surface area contributed by atoms with Crippen LogP contribution in [0.15, 0.2) is 24.3 Å². The summed E-state index contributed by atoms with van der Waals surface area (Å²) in [6.07, 6.45) is 51.0. The molecule has 0 saturated carbocycles. The van der Waals surface area contributed by atoms with Gasteiger partial charge in [-0.25, -0.2) is 0 Å². The van der Waals surface area contributed by atoms with Crippen molar-refractivity contribution in [2.24, 2.45) is 0 Å². The van der Waals surface area contributed by atoms with Crippen molar-refractivity contribution in [2.75, 3.05) is 13.2 Å². The average molecular weight is 719 g/mol. The van der Waals surface area contributed by atoms with Gasteiger partial charge in [-0.2, -0.15) is 0 Å². The molecule has 2 atom stereocenters. The van der Waals surface area contributed by atoms with Crippen molar-refractivity contribution < 1.29 is 23.8 Å². The van der Waals surface area contributed by atoms with Crippen molar-refractivity contribution in [3.05, 3.63) is 24.3 Å². The SMILES string of the molecule is CCCCCCCCCCOC(C=CCCCCCCCCCC=O)OC(C=CCCCCCCCCCC=O)OCCCCCCCCCC. The molecule has 0 aromatic carbocycles. The van der Waals surface area contributed by atoms with E-state index in [0.717, 1.165) is 64.3 Å². The third-order valence-electron chi connectivity index (χ3n) is 9.80. The third-order valence-corrected chi connectivity index (χ3v) is 9.80. The van der Waals surface area contributed by atoms with Crippen molar-refractivity contribution in [3.8, 4) is 0 Å². The molecule has 0 aliphatic heterocycles. The summed E-state index contributed by atoms with van der Waals surface area (Å²) in [5.74, 6) is 0. The van der Waals surface area contributed by atoms with E-state index in [9.17, 15) is 9.59 Å². The topological polar surface area (TPSA) is 61.8 Å². The molecule has 0 fully saturated rings. The Morgan fingerprint density at radius 3 is 0.941 bits per heavy atom. The smallest absolute Gasteiger partial charge is 0.180 e. The molecule has 0 saturated heterocycles. The molecule has 300 valence electrons. The Morgan fingerprint density at radius 2 is 0.627 bits per heavy atom. The molecule has 0 aromatic rings. The van der Waals surface area contributed by atoms with Gasteiger partial charge in [0.25, 0.3) is 0 Å². The number of carbonyl (C=O) groups excluding carboxylic acids is 2. The summed E-state index contributed by atoms with van der Waals surface area (Å²) in [5.41, 5.74) is 0. The van der Waals surface area contributed by atoms with Gasteiger partial charge in [-0.1, -0.05) is 180 Å². The number of ether oxygens (including phenoxy) is 3. The van der Waals surface area contributed by atoms with Gasteiger partial charge in [0.05, 0.1) is 13.2 Å². The van der Waals surface area contributed by atoms with Crippen LogP contribution in [0.4, 0.5) is 0 Å². The van der Waals surface area contributed by atoms with Crippen molar-refractivity contribution >= 4 is 12.6 Å². The van der Waals surface area contributed by atoms with Crippen LogP contribution in [0.2, 0.25) is 0 Å². The quantitative estimate of drug-likeness (QED) is 0.0272. The van der Waals surface area contributed by atoms with Crippen LogP contribution in [0.5, 0.6) is 0 Å². The van der Waals surface area contributed by atoms with Crippen LogP contribution in [-0.4, -0.2) is 38.4 Å². The van der Waals surface area contributed by atoms with E-state index < -0.39 is 0 Å². The number of hydrogen-bond donors (Lipinski definition) is 0. The molecule has 0 aliphatic rings. The van der Waals surface area contributed by atoms with Gasteiger partial charge in [0, 0.05) is 12.8 Å². The summed E-state index contributed by atoms with van der Waals surface area (Å²) in [5, 5.41) is 0. The lowest BCUT2D eigenvalue weighted by molar-refractivity contribution is -0.208. The minimum Gasteiger partial charge on any atom is -0.349 e. The van der Waals surface area contributed by atoms with Gasteiger partial charge in [0.15, 0.2) is 12.6 Å². The van der Waals surface area contributed by atoms with E-state index in [1.165, 1.54) is 167 Å². The second-order valence-corrected chi connectivity index (χ2v) is 14.9. The normalized spacial score (nSPS) is 13.1. The Bertz CT molecular complexity index is 675. The lowest BCUT2D eigenvalue weighted by Crippen LogP contribution is -2.25. The Labute approximate surface area is 317 Å². The van der Waals surface area contributed by atoms with Gasteiger partial charge in [-0.05, 0) is 63.5 Å². The molecular weight excluding hydrogens is 633 g/mol. The van der Waals surface area contributed by atoms with Crippen LogP contribution in [0, 0.1) is 0 Å². The van der Waals surface area contributed by atoms with E-state index in [1.54, 1.807) is 0 Å². The van der Waals surface area contributed by atoms with Crippen LogP contribution in [0.25, 0.3) is 0 Å². The molecule has 0 aromatic heterocycles. The second kappa shape index (κ2) is 44.9. The minimum absolute atomic E-state index is 0.389. The Kier molecular flexibility index (Phi) is 43.7. The molecule has 0 bridgehead atoms. The highest BCUT2D eigenvalue weighted by Crippen LogP contribution is 2.15. The molecule has 0 aliphatic carbocycles. The Hall–Kier alpha value is -1.30. The number of rotatable bonds is 44. The molecule has 0 heterocycles. The lowest BCUT2D eigenvalue weighted by Gasteiger charge is -2.22. The number of unbranched alkanes of at least 4 members (excludes halogenated alkanes) is 30. The predicted octanol–water partition coefficient (Wildman–Crippen LogP) is 14.5. The van der Waals surface area contributed by atoms with Crippen molar-refractivity contribution in [1.29, 1.82) is 0 Å². The van der Waals surface area contributed by atoms with Crippen LogP contribution >= 0.6 is 0 Å². The predicted molar refractivity (Wildman–Crippen MR) is 219 cm³/mol. The molecular formula is C46H86O5. The van der Waals surface area contributed by atoms with Gasteiger partial charge in [0.2, 0.25) is 0 Å². The molecule has 0 rings (SSSR count). The molecule has 0 amide bonds. The molecule has 0 spiro atoms. The zero-order chi connectivity index (χ0) is 37.0. The van der Waals surface area contributed by atoms with Crippen LogP contribution < -0.4 is 0 Å². The fourth-order valence-electron chi connectivity index (χ4n) is 6.45. The highest BCUT2D eigenvalue weighted by molar-refractivity contribution is 5.49. The molecule has 0 N–H and O–H groups in total. The summed E-state index contributed by atoms with van der Waals surface area (Å²) in [6, 6.07) is 0. The van der Waals surface area contributed by atoms with E-state index >= 15 is 0 Å². The first-order valence-corrected chi connectivity index (χ1v) is 22.4. The molecule has 51 heavy (non-hydrogen) atoms. The number of hydrogen-bond acceptors (Lipinski definition) is 5. The molecule has 2 unspecified atom stereocenters. The summed E-state index contributed by atoms with van der Waals surface area (Å²) in [7, 11) is 0. The summed E-state index contributed by atoms with van der Waals surface area (Å²) in [6.45, 7) is 5.99. The monoisotopic (exact) mass is 719 g/mol. The third kappa shape index (κ3) is 41.3. The standard InChI is InChI=1S/C46H86O5/c1-3-5-7-9-11-25-31-37-43-49-45(39-33-27-21-17-13-15-19-23-29-35-41-47)51-46(50-44-38-32-26-12-10-8-6-4-2)40-34-28-22-18-14-16-20-24-30-36-42-48/h33-34,39-42,45-46H,3-32,35-38,43-44H2,1-2H3. The zero-order valence-corrected chi connectivity index (χ0v) is 34.1. The van der Waals surface area contributed by atoms with Gasteiger partial charge >= 0.3 is 0 Å². The maximum absolute atomic E-state index is 10.5. The largest absolute Gasteiger partial charge is 0.349 e. The minimum atomic E-state index is -0.389.